The number of aryl methyl sites for hydroxylation is 1. The number of ether oxygens (including phenoxy) is 1. The minimum absolute atomic E-state index is 0.0430. The zero-order valence-electron chi connectivity index (χ0n) is 17.0. The van der Waals surface area contributed by atoms with E-state index in [-0.39, 0.29) is 11.2 Å². The molecule has 4 aromatic rings. The van der Waals surface area contributed by atoms with Crippen molar-refractivity contribution in [1.29, 1.82) is 0 Å². The highest BCUT2D eigenvalue weighted by Gasteiger charge is 2.45. The zero-order valence-corrected chi connectivity index (χ0v) is 17.8. The van der Waals surface area contributed by atoms with Gasteiger partial charge in [-0.3, -0.25) is 14.5 Å². The molecule has 1 atom stereocenters. The van der Waals surface area contributed by atoms with Crippen LogP contribution in [0.25, 0.3) is 11.0 Å². The Kier molecular flexibility index (Phi) is 4.78. The van der Waals surface area contributed by atoms with Gasteiger partial charge < -0.3 is 9.15 Å². The number of carbonyl (C=O) groups excluding carboxylic acids is 1. The molecule has 2 aromatic carbocycles. The van der Waals surface area contributed by atoms with E-state index in [1.54, 1.807) is 17.6 Å². The maximum atomic E-state index is 13.6. The summed E-state index contributed by atoms with van der Waals surface area (Å²) in [7, 11) is 0. The third-order valence-corrected chi connectivity index (χ3v) is 5.92. The number of amides is 1. The summed E-state index contributed by atoms with van der Waals surface area (Å²) in [5.74, 6) is 0.316. The van der Waals surface area contributed by atoms with E-state index >= 15 is 0 Å². The van der Waals surface area contributed by atoms with Crippen LogP contribution in [0.3, 0.4) is 0 Å². The lowest BCUT2D eigenvalue weighted by molar-refractivity contribution is 0.0970. The molecule has 0 saturated heterocycles. The first kappa shape index (κ1) is 19.4. The monoisotopic (exact) mass is 433 g/mol. The number of rotatable bonds is 5. The molecule has 0 radical (unpaired) electrons. The molecule has 156 valence electrons. The number of hydrogen-bond acceptors (Lipinski definition) is 7. The molecule has 1 amide bonds. The third-order valence-electron chi connectivity index (χ3n) is 5.23. The van der Waals surface area contributed by atoms with Gasteiger partial charge in [0.15, 0.2) is 5.43 Å². The molecule has 5 rings (SSSR count). The largest absolute Gasteiger partial charge is 0.494 e. The van der Waals surface area contributed by atoms with Crippen molar-refractivity contribution in [1.82, 2.24) is 10.2 Å². The minimum atomic E-state index is -0.679. The number of aromatic nitrogens is 2. The predicted octanol–water partition coefficient (Wildman–Crippen LogP) is 4.49. The predicted molar refractivity (Wildman–Crippen MR) is 118 cm³/mol. The van der Waals surface area contributed by atoms with Crippen LogP contribution in [-0.2, 0) is 0 Å². The number of anilines is 1. The molecule has 1 aliphatic heterocycles. The highest BCUT2D eigenvalue weighted by molar-refractivity contribution is 7.13. The first-order valence-corrected chi connectivity index (χ1v) is 10.9. The summed E-state index contributed by atoms with van der Waals surface area (Å²) in [6.07, 6.45) is 0.876. The van der Waals surface area contributed by atoms with Crippen molar-refractivity contribution in [2.45, 2.75) is 26.3 Å². The molecule has 7 nitrogen and oxygen atoms in total. The van der Waals surface area contributed by atoms with Gasteiger partial charge in [-0.2, -0.15) is 0 Å². The maximum Gasteiger partial charge on any atom is 0.297 e. The number of carbonyl (C=O) groups is 1. The lowest BCUT2D eigenvalue weighted by Gasteiger charge is -2.22. The number of benzene rings is 2. The van der Waals surface area contributed by atoms with Crippen molar-refractivity contribution in [2.75, 3.05) is 11.5 Å². The smallest absolute Gasteiger partial charge is 0.297 e. The van der Waals surface area contributed by atoms with Crippen LogP contribution in [0, 0.1) is 6.92 Å². The van der Waals surface area contributed by atoms with E-state index in [0.717, 1.165) is 17.5 Å². The molecule has 0 bridgehead atoms. The highest BCUT2D eigenvalue weighted by Crippen LogP contribution is 2.42. The Morgan fingerprint density at radius 3 is 2.84 bits per heavy atom. The minimum Gasteiger partial charge on any atom is -0.494 e. The Morgan fingerprint density at radius 2 is 2.06 bits per heavy atom. The SMILES string of the molecule is CCCOc1cccc(C2c3c(oc4ccc(C)cc4c3=O)C(=O)N2c2nncs2)c1. The number of nitrogens with zero attached hydrogens (tertiary/aromatic N) is 3. The molecule has 0 fully saturated rings. The van der Waals surface area contributed by atoms with Gasteiger partial charge in [-0.25, -0.2) is 0 Å². The summed E-state index contributed by atoms with van der Waals surface area (Å²) in [6.45, 7) is 4.53. The molecular formula is C23H19N3O4S. The molecule has 2 aromatic heterocycles. The van der Waals surface area contributed by atoms with Crippen LogP contribution >= 0.6 is 11.3 Å². The molecule has 1 aliphatic rings. The lowest BCUT2D eigenvalue weighted by Crippen LogP contribution is -2.29. The molecule has 3 heterocycles. The van der Waals surface area contributed by atoms with E-state index in [0.29, 0.717) is 34.0 Å². The van der Waals surface area contributed by atoms with Gasteiger partial charge in [0.25, 0.3) is 5.91 Å². The topological polar surface area (TPSA) is 85.5 Å². The maximum absolute atomic E-state index is 13.6. The summed E-state index contributed by atoms with van der Waals surface area (Å²) in [5, 5.41) is 8.83. The summed E-state index contributed by atoms with van der Waals surface area (Å²) in [4.78, 5) is 28.5. The molecule has 31 heavy (non-hydrogen) atoms. The van der Waals surface area contributed by atoms with E-state index < -0.39 is 11.9 Å². The summed E-state index contributed by atoms with van der Waals surface area (Å²) >= 11 is 1.23. The second kappa shape index (κ2) is 7.63. The first-order valence-electron chi connectivity index (χ1n) is 9.98. The van der Waals surface area contributed by atoms with E-state index in [1.165, 1.54) is 16.2 Å². The molecule has 8 heteroatoms. The Balaban J connectivity index is 1.75. The van der Waals surface area contributed by atoms with Crippen LogP contribution in [0.1, 0.15) is 46.6 Å². The number of fused-ring (bicyclic) bond motifs is 2. The van der Waals surface area contributed by atoms with Gasteiger partial charge in [-0.05, 0) is 43.2 Å². The van der Waals surface area contributed by atoms with Gasteiger partial charge in [0.2, 0.25) is 10.9 Å². The van der Waals surface area contributed by atoms with E-state index in [2.05, 4.69) is 10.2 Å². The van der Waals surface area contributed by atoms with Gasteiger partial charge >= 0.3 is 0 Å². The van der Waals surface area contributed by atoms with Crippen LogP contribution in [0.15, 0.2) is 57.2 Å². The van der Waals surface area contributed by atoms with Gasteiger partial charge in [0.1, 0.15) is 16.8 Å². The molecular weight excluding hydrogens is 414 g/mol. The van der Waals surface area contributed by atoms with Gasteiger partial charge in [-0.15, -0.1) is 10.2 Å². The number of hydrogen-bond donors (Lipinski definition) is 0. The van der Waals surface area contributed by atoms with Gasteiger partial charge in [-0.1, -0.05) is 42.0 Å². The zero-order chi connectivity index (χ0) is 21.5. The van der Waals surface area contributed by atoms with Crippen LogP contribution in [0.5, 0.6) is 5.75 Å². The summed E-state index contributed by atoms with van der Waals surface area (Å²) < 4.78 is 11.7. The fraction of sp³-hybridized carbons (Fsp3) is 0.217. The molecule has 0 saturated carbocycles. The van der Waals surface area contributed by atoms with Crippen molar-refractivity contribution >= 4 is 33.3 Å². The Morgan fingerprint density at radius 1 is 1.19 bits per heavy atom. The fourth-order valence-electron chi connectivity index (χ4n) is 3.87. The Labute approximate surface area is 181 Å². The molecule has 0 spiro atoms. The Bertz CT molecular complexity index is 1350. The first-order chi connectivity index (χ1) is 15.1. The highest BCUT2D eigenvalue weighted by atomic mass is 32.1. The lowest BCUT2D eigenvalue weighted by atomic mass is 9.98. The van der Waals surface area contributed by atoms with E-state index in [1.807, 2.05) is 44.2 Å². The van der Waals surface area contributed by atoms with Crippen LogP contribution < -0.4 is 15.1 Å². The summed E-state index contributed by atoms with van der Waals surface area (Å²) in [6, 6.07) is 12.1. The molecule has 1 unspecified atom stereocenters. The normalized spacial score (nSPS) is 15.5. The van der Waals surface area contributed by atoms with Crippen molar-refractivity contribution < 1.29 is 13.9 Å². The van der Waals surface area contributed by atoms with Gasteiger partial charge in [0, 0.05) is 0 Å². The second-order valence-electron chi connectivity index (χ2n) is 7.39. The summed E-state index contributed by atoms with van der Waals surface area (Å²) in [5.41, 5.74) is 3.72. The third kappa shape index (κ3) is 3.19. The van der Waals surface area contributed by atoms with Crippen LogP contribution in [0.4, 0.5) is 5.13 Å². The van der Waals surface area contributed by atoms with E-state index in [4.69, 9.17) is 9.15 Å². The second-order valence-corrected chi connectivity index (χ2v) is 8.21. The van der Waals surface area contributed by atoms with Crippen molar-refractivity contribution in [2.24, 2.45) is 0 Å². The fourth-order valence-corrected chi connectivity index (χ4v) is 4.45. The van der Waals surface area contributed by atoms with E-state index in [9.17, 15) is 9.59 Å². The standard InChI is InChI=1S/C23H19N3O4S/c1-3-9-29-15-6-4-5-14(11-15)19-18-20(27)16-10-13(2)7-8-17(16)30-21(18)22(28)26(19)23-25-24-12-31-23/h4-8,10-12,19H,3,9H2,1-2H3. The molecule has 0 N–H and O–H groups in total. The van der Waals surface area contributed by atoms with Gasteiger partial charge in [0.05, 0.1) is 23.6 Å². The van der Waals surface area contributed by atoms with Crippen LogP contribution in [-0.4, -0.2) is 22.7 Å². The quantitative estimate of drug-likeness (QED) is 0.461. The van der Waals surface area contributed by atoms with Crippen molar-refractivity contribution in [3.63, 3.8) is 0 Å². The Hall–Kier alpha value is -3.52. The van der Waals surface area contributed by atoms with Crippen molar-refractivity contribution in [3.8, 4) is 5.75 Å². The van der Waals surface area contributed by atoms with Crippen LogP contribution in [0.2, 0.25) is 0 Å². The molecule has 0 aliphatic carbocycles. The van der Waals surface area contributed by atoms with Crippen molar-refractivity contribution in [3.05, 3.63) is 80.6 Å². The average molecular weight is 433 g/mol. The average Bonchev–Trinajstić information content (AvgIpc) is 3.40.